The van der Waals surface area contributed by atoms with Crippen molar-refractivity contribution in [3.8, 4) is 0 Å². The van der Waals surface area contributed by atoms with Gasteiger partial charge in [-0.25, -0.2) is 9.97 Å². The number of aliphatic hydroxyl groups is 1. The molecular weight excluding hydrogens is 240 g/mol. The van der Waals surface area contributed by atoms with Crippen molar-refractivity contribution >= 4 is 11.6 Å². The van der Waals surface area contributed by atoms with Gasteiger partial charge in [-0.2, -0.15) is 0 Å². The number of aliphatic hydroxyl groups excluding tert-OH is 1. The van der Waals surface area contributed by atoms with Gasteiger partial charge in [-0.15, -0.1) is 0 Å². The molecular formula is C14H24N4O. The molecule has 5 nitrogen and oxygen atoms in total. The smallest absolute Gasteiger partial charge is 0.136 e. The van der Waals surface area contributed by atoms with E-state index in [1.165, 1.54) is 0 Å². The zero-order valence-corrected chi connectivity index (χ0v) is 11.8. The van der Waals surface area contributed by atoms with Crippen molar-refractivity contribution in [2.45, 2.75) is 51.6 Å². The standard InChI is InChI=1S/C14H24N4O/c1-3-9(4-2)11(19)8-16-13-7-12(15)17-14(18-13)10-5-6-10/h7,9-11,19H,3-6,8H2,1-2H3,(H3,15,16,17,18). The Balaban J connectivity index is 1.95. The summed E-state index contributed by atoms with van der Waals surface area (Å²) in [6, 6.07) is 1.73. The average Bonchev–Trinajstić information content (AvgIpc) is 3.21. The monoisotopic (exact) mass is 264 g/mol. The summed E-state index contributed by atoms with van der Waals surface area (Å²) in [5, 5.41) is 13.3. The summed E-state index contributed by atoms with van der Waals surface area (Å²) in [6.45, 7) is 4.71. The first-order valence-electron chi connectivity index (χ1n) is 7.20. The average molecular weight is 264 g/mol. The predicted octanol–water partition coefficient (Wildman–Crippen LogP) is 2.15. The minimum atomic E-state index is -0.351. The van der Waals surface area contributed by atoms with Crippen molar-refractivity contribution < 1.29 is 5.11 Å². The van der Waals surface area contributed by atoms with Crippen molar-refractivity contribution in [3.05, 3.63) is 11.9 Å². The molecule has 0 radical (unpaired) electrons. The van der Waals surface area contributed by atoms with Gasteiger partial charge in [0, 0.05) is 18.5 Å². The Kier molecular flexibility index (Phi) is 4.58. The van der Waals surface area contributed by atoms with Gasteiger partial charge in [0.2, 0.25) is 0 Å². The SMILES string of the molecule is CCC(CC)C(O)CNc1cc(N)nc(C2CC2)n1. The van der Waals surface area contributed by atoms with Gasteiger partial charge >= 0.3 is 0 Å². The van der Waals surface area contributed by atoms with Crippen LogP contribution in [0, 0.1) is 5.92 Å². The third kappa shape index (κ3) is 3.80. The first-order valence-corrected chi connectivity index (χ1v) is 7.20. The number of hydrogen-bond donors (Lipinski definition) is 3. The number of hydrogen-bond acceptors (Lipinski definition) is 5. The molecule has 1 aromatic rings. The van der Waals surface area contributed by atoms with Crippen LogP contribution in [-0.4, -0.2) is 27.7 Å². The zero-order chi connectivity index (χ0) is 13.8. The second-order valence-corrected chi connectivity index (χ2v) is 5.34. The van der Waals surface area contributed by atoms with Gasteiger partial charge in [-0.1, -0.05) is 26.7 Å². The molecule has 0 amide bonds. The van der Waals surface area contributed by atoms with Crippen LogP contribution in [0.2, 0.25) is 0 Å². The molecule has 0 bridgehead atoms. The summed E-state index contributed by atoms with van der Waals surface area (Å²) < 4.78 is 0. The lowest BCUT2D eigenvalue weighted by Gasteiger charge is -2.20. The third-order valence-corrected chi connectivity index (χ3v) is 3.79. The first-order chi connectivity index (χ1) is 9.13. The molecule has 1 aliphatic carbocycles. The van der Waals surface area contributed by atoms with Crippen LogP contribution in [0.3, 0.4) is 0 Å². The van der Waals surface area contributed by atoms with Crippen LogP contribution in [0.15, 0.2) is 6.07 Å². The van der Waals surface area contributed by atoms with E-state index >= 15 is 0 Å². The van der Waals surface area contributed by atoms with Gasteiger partial charge in [-0.05, 0) is 18.8 Å². The van der Waals surface area contributed by atoms with Gasteiger partial charge in [0.05, 0.1) is 6.10 Å². The highest BCUT2D eigenvalue weighted by Gasteiger charge is 2.27. The number of rotatable bonds is 7. The number of aromatic nitrogens is 2. The summed E-state index contributed by atoms with van der Waals surface area (Å²) in [5.74, 6) is 2.86. The van der Waals surface area contributed by atoms with E-state index in [0.717, 1.165) is 37.3 Å². The highest BCUT2D eigenvalue weighted by molar-refractivity contribution is 5.45. The summed E-state index contributed by atoms with van der Waals surface area (Å²) in [7, 11) is 0. The maximum Gasteiger partial charge on any atom is 0.136 e. The Morgan fingerprint density at radius 2 is 2.05 bits per heavy atom. The Labute approximate surface area is 114 Å². The largest absolute Gasteiger partial charge is 0.391 e. The van der Waals surface area contributed by atoms with E-state index in [-0.39, 0.29) is 6.10 Å². The van der Waals surface area contributed by atoms with Crippen molar-refractivity contribution in [3.63, 3.8) is 0 Å². The van der Waals surface area contributed by atoms with Crippen LogP contribution in [0.25, 0.3) is 0 Å². The fourth-order valence-corrected chi connectivity index (χ4v) is 2.31. The summed E-state index contributed by atoms with van der Waals surface area (Å²) >= 11 is 0. The zero-order valence-electron chi connectivity index (χ0n) is 11.8. The summed E-state index contributed by atoms with van der Waals surface area (Å²) in [5.41, 5.74) is 5.79. The molecule has 0 saturated heterocycles. The highest BCUT2D eigenvalue weighted by atomic mass is 16.3. The summed E-state index contributed by atoms with van der Waals surface area (Å²) in [4.78, 5) is 8.72. The van der Waals surface area contributed by atoms with Crippen LogP contribution in [0.1, 0.15) is 51.3 Å². The molecule has 0 spiro atoms. The van der Waals surface area contributed by atoms with E-state index in [9.17, 15) is 5.11 Å². The van der Waals surface area contributed by atoms with E-state index < -0.39 is 0 Å². The Morgan fingerprint density at radius 1 is 1.37 bits per heavy atom. The molecule has 19 heavy (non-hydrogen) atoms. The molecule has 1 atom stereocenters. The Morgan fingerprint density at radius 3 is 2.63 bits per heavy atom. The molecule has 5 heteroatoms. The number of anilines is 2. The molecule has 1 unspecified atom stereocenters. The van der Waals surface area contributed by atoms with Crippen LogP contribution >= 0.6 is 0 Å². The van der Waals surface area contributed by atoms with Gasteiger partial charge < -0.3 is 16.2 Å². The number of nitrogens with one attached hydrogen (secondary N) is 1. The lowest BCUT2D eigenvalue weighted by Crippen LogP contribution is -2.28. The third-order valence-electron chi connectivity index (χ3n) is 3.79. The molecule has 0 aromatic carbocycles. The van der Waals surface area contributed by atoms with Crippen molar-refractivity contribution in [1.29, 1.82) is 0 Å². The minimum absolute atomic E-state index is 0.328. The maximum absolute atomic E-state index is 10.1. The van der Waals surface area contributed by atoms with Crippen LogP contribution < -0.4 is 11.1 Å². The second-order valence-electron chi connectivity index (χ2n) is 5.34. The fourth-order valence-electron chi connectivity index (χ4n) is 2.31. The molecule has 0 aliphatic heterocycles. The minimum Gasteiger partial charge on any atom is -0.391 e. The van der Waals surface area contributed by atoms with Gasteiger partial charge in [0.25, 0.3) is 0 Å². The van der Waals surface area contributed by atoms with E-state index in [4.69, 9.17) is 5.73 Å². The highest BCUT2D eigenvalue weighted by Crippen LogP contribution is 2.38. The lowest BCUT2D eigenvalue weighted by atomic mass is 9.97. The quantitative estimate of drug-likeness (QED) is 0.702. The molecule has 2 rings (SSSR count). The number of nitrogens with zero attached hydrogens (tertiary/aromatic N) is 2. The first kappa shape index (κ1) is 14.1. The second kappa shape index (κ2) is 6.19. The number of nitrogens with two attached hydrogens (primary N) is 1. The van der Waals surface area contributed by atoms with Crippen molar-refractivity contribution in [2.24, 2.45) is 5.92 Å². The van der Waals surface area contributed by atoms with E-state index in [0.29, 0.717) is 24.2 Å². The Bertz CT molecular complexity index is 416. The van der Waals surface area contributed by atoms with E-state index in [1.54, 1.807) is 6.07 Å². The molecule has 1 heterocycles. The lowest BCUT2D eigenvalue weighted by molar-refractivity contribution is 0.114. The maximum atomic E-state index is 10.1. The van der Waals surface area contributed by atoms with Crippen LogP contribution in [0.5, 0.6) is 0 Å². The van der Waals surface area contributed by atoms with Gasteiger partial charge in [-0.3, -0.25) is 0 Å². The van der Waals surface area contributed by atoms with Gasteiger partial charge in [0.1, 0.15) is 17.5 Å². The fraction of sp³-hybridized carbons (Fsp3) is 0.714. The van der Waals surface area contributed by atoms with E-state index in [2.05, 4.69) is 29.1 Å². The molecule has 1 saturated carbocycles. The van der Waals surface area contributed by atoms with Gasteiger partial charge in [0.15, 0.2) is 0 Å². The molecule has 106 valence electrons. The predicted molar refractivity (Wildman–Crippen MR) is 77.0 cm³/mol. The van der Waals surface area contributed by atoms with E-state index in [1.807, 2.05) is 0 Å². The van der Waals surface area contributed by atoms with Crippen LogP contribution in [0.4, 0.5) is 11.6 Å². The van der Waals surface area contributed by atoms with Crippen LogP contribution in [-0.2, 0) is 0 Å². The normalized spacial score (nSPS) is 16.6. The number of nitrogen functional groups attached to an aromatic ring is 1. The van der Waals surface area contributed by atoms with Crippen molar-refractivity contribution in [1.82, 2.24) is 9.97 Å². The van der Waals surface area contributed by atoms with Crippen molar-refractivity contribution in [2.75, 3.05) is 17.6 Å². The molecule has 1 aliphatic rings. The molecule has 1 fully saturated rings. The molecule has 1 aromatic heterocycles. The Hall–Kier alpha value is -1.36. The summed E-state index contributed by atoms with van der Waals surface area (Å²) in [6.07, 6.45) is 3.92. The topological polar surface area (TPSA) is 84.1 Å². The molecule has 4 N–H and O–H groups in total.